The predicted octanol–water partition coefficient (Wildman–Crippen LogP) is 2.87. The Morgan fingerprint density at radius 2 is 2.47 bits per heavy atom. The monoisotopic (exact) mass is 276 g/mol. The number of thiophene rings is 1. The van der Waals surface area contributed by atoms with Crippen LogP contribution in [0.4, 0.5) is 0 Å². The van der Waals surface area contributed by atoms with Crippen molar-refractivity contribution in [3.63, 3.8) is 0 Å². The van der Waals surface area contributed by atoms with Crippen LogP contribution in [0.1, 0.15) is 18.2 Å². The van der Waals surface area contributed by atoms with E-state index in [4.69, 9.17) is 0 Å². The Hall–Kier alpha value is -1.55. The molecule has 0 aromatic carbocycles. The Morgan fingerprint density at radius 1 is 1.63 bits per heavy atom. The minimum absolute atomic E-state index is 0.0937. The van der Waals surface area contributed by atoms with Crippen LogP contribution in [0.2, 0.25) is 0 Å². The largest absolute Gasteiger partial charge is 0.374 e. The molecule has 0 saturated carbocycles. The number of nitrogens with zero attached hydrogens (tertiary/aromatic N) is 2. The quantitative estimate of drug-likeness (QED) is 0.772. The van der Waals surface area contributed by atoms with Gasteiger partial charge in [-0.05, 0) is 31.0 Å². The normalized spacial score (nSPS) is 18.4. The molecule has 0 fully saturated rings. The van der Waals surface area contributed by atoms with Crippen LogP contribution >= 0.6 is 11.3 Å². The van der Waals surface area contributed by atoms with E-state index in [1.807, 2.05) is 36.4 Å². The van der Waals surface area contributed by atoms with E-state index in [0.29, 0.717) is 12.6 Å². The Labute approximate surface area is 118 Å². The van der Waals surface area contributed by atoms with Gasteiger partial charge < -0.3 is 9.80 Å². The summed E-state index contributed by atoms with van der Waals surface area (Å²) in [5.41, 5.74) is 0. The number of carbonyl (C=O) groups excluding carboxylic acids is 1. The van der Waals surface area contributed by atoms with Gasteiger partial charge in [-0.25, -0.2) is 0 Å². The number of rotatable bonds is 5. The SMILES string of the molecule is CCN(Cc1cccs1)C(=O)/C=C/C1CC=CN1C. The van der Waals surface area contributed by atoms with E-state index in [9.17, 15) is 4.79 Å². The van der Waals surface area contributed by atoms with Gasteiger partial charge in [0.2, 0.25) is 5.91 Å². The summed E-state index contributed by atoms with van der Waals surface area (Å²) in [5, 5.41) is 2.04. The minimum Gasteiger partial charge on any atom is -0.374 e. The Morgan fingerprint density at radius 3 is 3.05 bits per heavy atom. The maximum Gasteiger partial charge on any atom is 0.246 e. The second-order valence-corrected chi connectivity index (χ2v) is 5.68. The lowest BCUT2D eigenvalue weighted by atomic mass is 10.2. The van der Waals surface area contributed by atoms with Crippen molar-refractivity contribution in [3.8, 4) is 0 Å². The second kappa shape index (κ2) is 6.57. The Kier molecular flexibility index (Phi) is 4.80. The molecule has 1 unspecified atom stereocenters. The van der Waals surface area contributed by atoms with E-state index in [1.165, 1.54) is 4.88 Å². The number of carbonyl (C=O) groups is 1. The average Bonchev–Trinajstić information content (AvgIpc) is 3.04. The minimum atomic E-state index is 0.0937. The summed E-state index contributed by atoms with van der Waals surface area (Å²) in [7, 11) is 2.03. The molecule has 4 heteroatoms. The highest BCUT2D eigenvalue weighted by Crippen LogP contribution is 2.14. The van der Waals surface area contributed by atoms with Gasteiger partial charge in [-0.3, -0.25) is 4.79 Å². The molecule has 0 spiro atoms. The van der Waals surface area contributed by atoms with Gasteiger partial charge in [0.25, 0.3) is 0 Å². The zero-order chi connectivity index (χ0) is 13.7. The molecular formula is C15H20N2OS. The van der Waals surface area contributed by atoms with Crippen molar-refractivity contribution in [3.05, 3.63) is 46.8 Å². The van der Waals surface area contributed by atoms with Crippen LogP contribution in [-0.4, -0.2) is 35.3 Å². The molecule has 19 heavy (non-hydrogen) atoms. The highest BCUT2D eigenvalue weighted by molar-refractivity contribution is 7.09. The summed E-state index contributed by atoms with van der Waals surface area (Å²) in [6.45, 7) is 3.46. The molecule has 2 heterocycles. The second-order valence-electron chi connectivity index (χ2n) is 4.64. The molecule has 0 radical (unpaired) electrons. The summed E-state index contributed by atoms with van der Waals surface area (Å²) < 4.78 is 0. The maximum atomic E-state index is 12.2. The first-order valence-electron chi connectivity index (χ1n) is 6.58. The fraction of sp³-hybridized carbons (Fsp3) is 0.400. The summed E-state index contributed by atoms with van der Waals surface area (Å²) in [5.74, 6) is 0.0937. The van der Waals surface area contributed by atoms with Gasteiger partial charge in [-0.2, -0.15) is 0 Å². The summed E-state index contributed by atoms with van der Waals surface area (Å²) in [6, 6.07) is 4.41. The lowest BCUT2D eigenvalue weighted by Gasteiger charge is -2.20. The molecular weight excluding hydrogens is 256 g/mol. The van der Waals surface area contributed by atoms with E-state index in [0.717, 1.165) is 13.0 Å². The van der Waals surface area contributed by atoms with E-state index < -0.39 is 0 Å². The molecule has 0 bridgehead atoms. The first kappa shape index (κ1) is 13.9. The first-order chi connectivity index (χ1) is 9.20. The topological polar surface area (TPSA) is 23.6 Å². The third-order valence-electron chi connectivity index (χ3n) is 3.32. The van der Waals surface area contributed by atoms with Gasteiger partial charge in [0.05, 0.1) is 12.6 Å². The third-order valence-corrected chi connectivity index (χ3v) is 4.18. The van der Waals surface area contributed by atoms with Crippen LogP contribution in [0.5, 0.6) is 0 Å². The smallest absolute Gasteiger partial charge is 0.246 e. The van der Waals surface area contributed by atoms with Crippen LogP contribution < -0.4 is 0 Å². The lowest BCUT2D eigenvalue weighted by molar-refractivity contribution is -0.126. The summed E-state index contributed by atoms with van der Waals surface area (Å²) in [4.78, 5) is 17.4. The zero-order valence-corrected chi connectivity index (χ0v) is 12.3. The molecule has 1 atom stereocenters. The fourth-order valence-corrected chi connectivity index (χ4v) is 2.81. The molecule has 1 amide bonds. The number of hydrogen-bond donors (Lipinski definition) is 0. The van der Waals surface area contributed by atoms with Crippen LogP contribution in [0.25, 0.3) is 0 Å². The molecule has 1 aromatic heterocycles. The van der Waals surface area contributed by atoms with Crippen molar-refractivity contribution in [1.82, 2.24) is 9.80 Å². The van der Waals surface area contributed by atoms with Crippen LogP contribution in [0.3, 0.4) is 0 Å². The number of hydrogen-bond acceptors (Lipinski definition) is 3. The highest BCUT2D eigenvalue weighted by atomic mass is 32.1. The molecule has 102 valence electrons. The number of amides is 1. The Bertz CT molecular complexity index is 464. The van der Waals surface area contributed by atoms with E-state index in [1.54, 1.807) is 17.4 Å². The molecule has 1 aromatic rings. The third kappa shape index (κ3) is 3.70. The maximum absolute atomic E-state index is 12.2. The van der Waals surface area contributed by atoms with Gasteiger partial charge in [-0.15, -0.1) is 11.3 Å². The molecule has 3 nitrogen and oxygen atoms in total. The van der Waals surface area contributed by atoms with Crippen molar-refractivity contribution in [2.24, 2.45) is 0 Å². The zero-order valence-electron chi connectivity index (χ0n) is 11.5. The first-order valence-corrected chi connectivity index (χ1v) is 7.46. The van der Waals surface area contributed by atoms with Crippen LogP contribution in [0, 0.1) is 0 Å². The molecule has 0 aliphatic carbocycles. The number of likely N-dealkylation sites (N-methyl/N-ethyl adjacent to an activating group) is 2. The molecule has 0 saturated heterocycles. The lowest BCUT2D eigenvalue weighted by Crippen LogP contribution is -2.29. The van der Waals surface area contributed by atoms with Gasteiger partial charge in [0.1, 0.15) is 0 Å². The van der Waals surface area contributed by atoms with Crippen LogP contribution in [-0.2, 0) is 11.3 Å². The summed E-state index contributed by atoms with van der Waals surface area (Å²) in [6.07, 6.45) is 8.88. The standard InChI is InChI=1S/C15H20N2OS/c1-3-17(12-14-7-5-11-19-14)15(18)9-8-13-6-4-10-16(13)2/h4-5,7-11,13H,3,6,12H2,1-2H3/b9-8+. The van der Waals surface area contributed by atoms with Crippen LogP contribution in [0.15, 0.2) is 41.9 Å². The molecule has 1 aliphatic heterocycles. The van der Waals surface area contributed by atoms with E-state index in [-0.39, 0.29) is 5.91 Å². The average molecular weight is 276 g/mol. The van der Waals surface area contributed by atoms with Gasteiger partial charge in [0, 0.05) is 24.5 Å². The molecule has 1 aliphatic rings. The van der Waals surface area contributed by atoms with Gasteiger partial charge in [-0.1, -0.05) is 18.2 Å². The van der Waals surface area contributed by atoms with Gasteiger partial charge >= 0.3 is 0 Å². The Balaban J connectivity index is 1.91. The van der Waals surface area contributed by atoms with Crippen molar-refractivity contribution in [2.45, 2.75) is 25.9 Å². The van der Waals surface area contributed by atoms with E-state index >= 15 is 0 Å². The molecule has 2 rings (SSSR count). The fourth-order valence-electron chi connectivity index (χ4n) is 2.09. The van der Waals surface area contributed by atoms with Crippen molar-refractivity contribution >= 4 is 17.2 Å². The summed E-state index contributed by atoms with van der Waals surface area (Å²) >= 11 is 1.69. The highest BCUT2D eigenvalue weighted by Gasteiger charge is 2.14. The predicted molar refractivity (Wildman–Crippen MR) is 79.9 cm³/mol. The molecule has 0 N–H and O–H groups in total. The van der Waals surface area contributed by atoms with E-state index in [2.05, 4.69) is 23.2 Å². The van der Waals surface area contributed by atoms with Crippen molar-refractivity contribution in [1.29, 1.82) is 0 Å². The van der Waals surface area contributed by atoms with Crippen molar-refractivity contribution in [2.75, 3.05) is 13.6 Å². The van der Waals surface area contributed by atoms with Gasteiger partial charge in [0.15, 0.2) is 0 Å². The van der Waals surface area contributed by atoms with Crippen molar-refractivity contribution < 1.29 is 4.79 Å².